The average Bonchev–Trinajstić information content (AvgIpc) is 2.10. The lowest BCUT2D eigenvalue weighted by Gasteiger charge is -2.36. The van der Waals surface area contributed by atoms with Crippen molar-refractivity contribution < 1.29 is 0 Å². The van der Waals surface area contributed by atoms with Gasteiger partial charge in [-0.3, -0.25) is 0 Å². The van der Waals surface area contributed by atoms with Crippen molar-refractivity contribution in [3.05, 3.63) is 0 Å². The summed E-state index contributed by atoms with van der Waals surface area (Å²) in [5.74, 6) is 0. The monoisotopic (exact) mass is 202 g/mol. The Labute approximate surface area is 88.2 Å². The lowest BCUT2D eigenvalue weighted by molar-refractivity contribution is 0.139. The fourth-order valence-corrected chi connectivity index (χ4v) is 1.93. The minimum Gasteiger partial charge on any atom is -0.330 e. The molecule has 4 heteroatoms. The van der Waals surface area contributed by atoms with Crippen LogP contribution in [0.15, 0.2) is 0 Å². The molecule has 0 aliphatic carbocycles. The summed E-state index contributed by atoms with van der Waals surface area (Å²) in [7, 11) is 8.42. The van der Waals surface area contributed by atoms with Crippen LogP contribution in [0.5, 0.6) is 0 Å². The van der Waals surface area contributed by atoms with E-state index < -0.39 is 0 Å². The molecule has 2 unspecified atom stereocenters. The third-order valence-corrected chi connectivity index (χ3v) is 2.70. The predicted molar refractivity (Wildman–Crippen MR) is 62.3 cm³/mol. The van der Waals surface area contributed by atoms with Gasteiger partial charge in [-0.15, -0.1) is 0 Å². The molecule has 0 fully saturated rings. The van der Waals surface area contributed by atoms with Crippen LogP contribution in [-0.2, 0) is 0 Å². The second-order valence-corrected chi connectivity index (χ2v) is 4.22. The number of nitrogens with two attached hydrogens (primary N) is 2. The maximum absolute atomic E-state index is 5.62. The predicted octanol–water partition coefficient (Wildman–Crippen LogP) is -0.456. The Balaban J connectivity index is 4.37. The van der Waals surface area contributed by atoms with Crippen LogP contribution in [0.2, 0.25) is 0 Å². The molecule has 0 aliphatic heterocycles. The van der Waals surface area contributed by atoms with Gasteiger partial charge in [0.05, 0.1) is 0 Å². The van der Waals surface area contributed by atoms with Gasteiger partial charge < -0.3 is 21.3 Å². The van der Waals surface area contributed by atoms with E-state index in [1.54, 1.807) is 0 Å². The molecule has 0 aromatic rings. The zero-order valence-corrected chi connectivity index (χ0v) is 10.0. The number of hydrogen-bond donors (Lipinski definition) is 2. The molecule has 14 heavy (non-hydrogen) atoms. The van der Waals surface area contributed by atoms with Crippen molar-refractivity contribution in [2.75, 3.05) is 41.3 Å². The Morgan fingerprint density at radius 3 is 1.21 bits per heavy atom. The van der Waals surface area contributed by atoms with Gasteiger partial charge in [0.15, 0.2) is 0 Å². The van der Waals surface area contributed by atoms with Gasteiger partial charge in [0, 0.05) is 12.1 Å². The highest BCUT2D eigenvalue weighted by Crippen LogP contribution is 2.12. The summed E-state index contributed by atoms with van der Waals surface area (Å²) in [6.07, 6.45) is 2.05. The Hall–Kier alpha value is -0.160. The van der Waals surface area contributed by atoms with Gasteiger partial charge in [0.2, 0.25) is 0 Å². The molecule has 2 atom stereocenters. The van der Waals surface area contributed by atoms with Crippen LogP contribution >= 0.6 is 0 Å². The van der Waals surface area contributed by atoms with Crippen molar-refractivity contribution in [2.24, 2.45) is 11.5 Å². The highest BCUT2D eigenvalue weighted by atomic mass is 15.2. The van der Waals surface area contributed by atoms with Gasteiger partial charge in [0.1, 0.15) is 0 Å². The summed E-state index contributed by atoms with van der Waals surface area (Å²) >= 11 is 0. The van der Waals surface area contributed by atoms with Crippen molar-refractivity contribution in [1.29, 1.82) is 0 Å². The van der Waals surface area contributed by atoms with E-state index in [1.807, 2.05) is 0 Å². The van der Waals surface area contributed by atoms with E-state index in [-0.39, 0.29) is 0 Å². The molecule has 86 valence electrons. The molecule has 0 saturated heterocycles. The van der Waals surface area contributed by atoms with Crippen LogP contribution in [0.3, 0.4) is 0 Å². The highest BCUT2D eigenvalue weighted by molar-refractivity contribution is 4.82. The summed E-state index contributed by atoms with van der Waals surface area (Å²) < 4.78 is 0. The van der Waals surface area contributed by atoms with E-state index in [9.17, 15) is 0 Å². The first-order valence-corrected chi connectivity index (χ1v) is 5.27. The lowest BCUT2D eigenvalue weighted by atomic mass is 9.99. The molecule has 0 rings (SSSR count). The third kappa shape index (κ3) is 4.37. The Morgan fingerprint density at radius 2 is 1.07 bits per heavy atom. The van der Waals surface area contributed by atoms with Crippen molar-refractivity contribution in [2.45, 2.75) is 24.9 Å². The molecule has 0 radical (unpaired) electrons. The van der Waals surface area contributed by atoms with E-state index >= 15 is 0 Å². The lowest BCUT2D eigenvalue weighted by Crippen LogP contribution is -2.48. The van der Waals surface area contributed by atoms with Gasteiger partial charge in [-0.05, 0) is 54.1 Å². The maximum Gasteiger partial charge on any atom is 0.0257 e. The molecule has 0 saturated carbocycles. The van der Waals surface area contributed by atoms with Crippen LogP contribution in [0, 0.1) is 0 Å². The molecule has 4 N–H and O–H groups in total. The molecule has 4 nitrogen and oxygen atoms in total. The number of nitrogens with zero attached hydrogens (tertiary/aromatic N) is 2. The quantitative estimate of drug-likeness (QED) is 0.587. The molecule has 0 aliphatic rings. The highest BCUT2D eigenvalue weighted by Gasteiger charge is 2.23. The van der Waals surface area contributed by atoms with E-state index in [1.165, 1.54) is 0 Å². The normalized spacial score (nSPS) is 16.3. The molecule has 0 spiro atoms. The van der Waals surface area contributed by atoms with Gasteiger partial charge >= 0.3 is 0 Å². The van der Waals surface area contributed by atoms with Crippen LogP contribution in [0.4, 0.5) is 0 Å². The summed E-state index contributed by atoms with van der Waals surface area (Å²) in [6.45, 7) is 1.47. The van der Waals surface area contributed by atoms with Gasteiger partial charge in [-0.1, -0.05) is 0 Å². The number of rotatable bonds is 7. The van der Waals surface area contributed by atoms with Crippen LogP contribution < -0.4 is 11.5 Å². The van der Waals surface area contributed by atoms with Gasteiger partial charge in [-0.2, -0.15) is 0 Å². The van der Waals surface area contributed by atoms with Crippen LogP contribution in [-0.4, -0.2) is 63.2 Å². The van der Waals surface area contributed by atoms with E-state index in [0.29, 0.717) is 12.1 Å². The number of hydrogen-bond acceptors (Lipinski definition) is 4. The zero-order valence-electron chi connectivity index (χ0n) is 10.0. The van der Waals surface area contributed by atoms with E-state index in [0.717, 1.165) is 25.9 Å². The number of likely N-dealkylation sites (N-methyl/N-ethyl adjacent to an activating group) is 2. The first-order chi connectivity index (χ1) is 6.54. The average molecular weight is 202 g/mol. The topological polar surface area (TPSA) is 58.5 Å². The molecule has 0 aromatic heterocycles. The fraction of sp³-hybridized carbons (Fsp3) is 1.00. The van der Waals surface area contributed by atoms with Crippen molar-refractivity contribution in [3.8, 4) is 0 Å². The van der Waals surface area contributed by atoms with Gasteiger partial charge in [-0.25, -0.2) is 0 Å². The largest absolute Gasteiger partial charge is 0.330 e. The van der Waals surface area contributed by atoms with Gasteiger partial charge in [0.25, 0.3) is 0 Å². The summed E-state index contributed by atoms with van der Waals surface area (Å²) in [5, 5.41) is 0. The molecular weight excluding hydrogens is 176 g/mol. The van der Waals surface area contributed by atoms with E-state index in [4.69, 9.17) is 11.5 Å². The molecular formula is C10H26N4. The van der Waals surface area contributed by atoms with Crippen LogP contribution in [0.1, 0.15) is 12.8 Å². The standard InChI is InChI=1S/C10H26N4/c1-13(2)9(5-7-11)10(6-8-12)14(3)4/h9-10H,5-8,11-12H2,1-4H3. The minimum atomic E-state index is 0.499. The molecule has 0 amide bonds. The fourth-order valence-electron chi connectivity index (χ4n) is 1.93. The Bertz CT molecular complexity index is 120. The van der Waals surface area contributed by atoms with Crippen LogP contribution in [0.25, 0.3) is 0 Å². The smallest absolute Gasteiger partial charge is 0.0257 e. The first-order valence-electron chi connectivity index (χ1n) is 5.27. The van der Waals surface area contributed by atoms with Crippen molar-refractivity contribution in [1.82, 2.24) is 9.80 Å². The second-order valence-electron chi connectivity index (χ2n) is 4.22. The summed E-state index contributed by atoms with van der Waals surface area (Å²) in [4.78, 5) is 4.49. The maximum atomic E-state index is 5.62. The second kappa shape index (κ2) is 7.17. The third-order valence-electron chi connectivity index (χ3n) is 2.70. The zero-order chi connectivity index (χ0) is 11.1. The van der Waals surface area contributed by atoms with Crippen molar-refractivity contribution in [3.63, 3.8) is 0 Å². The Morgan fingerprint density at radius 1 is 0.786 bits per heavy atom. The summed E-state index contributed by atoms with van der Waals surface area (Å²) in [5.41, 5.74) is 11.2. The SMILES string of the molecule is CN(C)C(CCN)C(CCN)N(C)C. The Kier molecular flexibility index (Phi) is 7.09. The molecule has 0 bridgehead atoms. The molecule has 0 heterocycles. The van der Waals surface area contributed by atoms with E-state index in [2.05, 4.69) is 38.0 Å². The first kappa shape index (κ1) is 13.8. The minimum absolute atomic E-state index is 0.499. The molecule has 0 aromatic carbocycles. The summed E-state index contributed by atoms with van der Waals surface area (Å²) in [6, 6.07) is 0.997. The van der Waals surface area contributed by atoms with Crippen molar-refractivity contribution >= 4 is 0 Å².